The van der Waals surface area contributed by atoms with Crippen LogP contribution in [0, 0.1) is 16.7 Å². The lowest BCUT2D eigenvalue weighted by Gasteiger charge is -2.40. The van der Waals surface area contributed by atoms with Crippen LogP contribution in [0.4, 0.5) is 0 Å². The predicted molar refractivity (Wildman–Crippen MR) is 76.3 cm³/mol. The van der Waals surface area contributed by atoms with E-state index < -0.39 is 0 Å². The highest BCUT2D eigenvalue weighted by molar-refractivity contribution is 7.80. The molecule has 1 aliphatic rings. The van der Waals surface area contributed by atoms with Crippen molar-refractivity contribution in [3.63, 3.8) is 0 Å². The third-order valence-corrected chi connectivity index (χ3v) is 4.57. The topological polar surface area (TPSA) is 3.24 Å². The maximum atomic E-state index is 4.52. The van der Waals surface area contributed by atoms with E-state index in [1.54, 1.807) is 0 Å². The van der Waals surface area contributed by atoms with E-state index in [-0.39, 0.29) is 0 Å². The van der Waals surface area contributed by atoms with Crippen LogP contribution in [-0.4, -0.2) is 30.3 Å². The number of thiol groups is 1. The maximum Gasteiger partial charge on any atom is 0.00225 e. The SMILES string of the molecule is CC1(C)CCN(CC(CS)C(C)(C)C)CC1. The average molecular weight is 243 g/mol. The Morgan fingerprint density at radius 3 is 2.06 bits per heavy atom. The molecule has 0 N–H and O–H groups in total. The van der Waals surface area contributed by atoms with Gasteiger partial charge in [0.05, 0.1) is 0 Å². The number of rotatable bonds is 3. The molecule has 0 bridgehead atoms. The minimum Gasteiger partial charge on any atom is -0.303 e. The average Bonchev–Trinajstić information content (AvgIpc) is 2.14. The van der Waals surface area contributed by atoms with E-state index in [2.05, 4.69) is 52.1 Å². The molecule has 1 fully saturated rings. The van der Waals surface area contributed by atoms with Gasteiger partial charge in [0.25, 0.3) is 0 Å². The normalized spacial score (nSPS) is 24.4. The molecule has 0 amide bonds. The first-order chi connectivity index (χ1) is 7.24. The fraction of sp³-hybridized carbons (Fsp3) is 1.00. The molecule has 2 heteroatoms. The first-order valence-electron chi connectivity index (χ1n) is 6.58. The summed E-state index contributed by atoms with van der Waals surface area (Å²) in [5, 5.41) is 0. The minimum atomic E-state index is 0.384. The van der Waals surface area contributed by atoms with Gasteiger partial charge in [-0.1, -0.05) is 34.6 Å². The molecule has 0 saturated carbocycles. The Bertz CT molecular complexity index is 207. The van der Waals surface area contributed by atoms with E-state index in [1.807, 2.05) is 0 Å². The molecule has 1 rings (SSSR count). The van der Waals surface area contributed by atoms with Crippen LogP contribution in [0.25, 0.3) is 0 Å². The van der Waals surface area contributed by atoms with Gasteiger partial charge in [0.15, 0.2) is 0 Å². The number of piperidine rings is 1. The van der Waals surface area contributed by atoms with Crippen LogP contribution in [0.15, 0.2) is 0 Å². The van der Waals surface area contributed by atoms with Crippen molar-refractivity contribution in [1.82, 2.24) is 4.90 Å². The first kappa shape index (κ1) is 14.4. The molecule has 1 atom stereocenters. The molecular weight excluding hydrogens is 214 g/mol. The molecule has 16 heavy (non-hydrogen) atoms. The van der Waals surface area contributed by atoms with E-state index in [1.165, 1.54) is 32.5 Å². The molecule has 96 valence electrons. The molecule has 0 spiro atoms. The van der Waals surface area contributed by atoms with Gasteiger partial charge in [0.2, 0.25) is 0 Å². The first-order valence-corrected chi connectivity index (χ1v) is 7.21. The summed E-state index contributed by atoms with van der Waals surface area (Å²) in [5.41, 5.74) is 0.948. The summed E-state index contributed by atoms with van der Waals surface area (Å²) in [7, 11) is 0. The summed E-state index contributed by atoms with van der Waals surface area (Å²) < 4.78 is 0. The van der Waals surface area contributed by atoms with Crippen LogP contribution in [0.5, 0.6) is 0 Å². The van der Waals surface area contributed by atoms with Gasteiger partial charge in [-0.25, -0.2) is 0 Å². The molecule has 0 aromatic rings. The van der Waals surface area contributed by atoms with Gasteiger partial charge in [-0.3, -0.25) is 0 Å². The van der Waals surface area contributed by atoms with Crippen molar-refractivity contribution in [2.75, 3.05) is 25.4 Å². The summed E-state index contributed by atoms with van der Waals surface area (Å²) in [6.45, 7) is 15.6. The monoisotopic (exact) mass is 243 g/mol. The zero-order valence-corrected chi connectivity index (χ0v) is 12.6. The van der Waals surface area contributed by atoms with E-state index in [9.17, 15) is 0 Å². The number of likely N-dealkylation sites (tertiary alicyclic amines) is 1. The Morgan fingerprint density at radius 2 is 1.69 bits per heavy atom. The van der Waals surface area contributed by atoms with Gasteiger partial charge < -0.3 is 4.90 Å². The van der Waals surface area contributed by atoms with Gasteiger partial charge in [0.1, 0.15) is 0 Å². The second-order valence-corrected chi connectivity index (χ2v) is 7.58. The van der Waals surface area contributed by atoms with Gasteiger partial charge in [-0.05, 0) is 48.4 Å². The standard InChI is InChI=1S/C14H29NS/c1-13(2,3)12(11-16)10-15-8-6-14(4,5)7-9-15/h12,16H,6-11H2,1-5H3. The van der Waals surface area contributed by atoms with Crippen molar-refractivity contribution in [3.8, 4) is 0 Å². The number of nitrogens with zero attached hydrogens (tertiary/aromatic N) is 1. The fourth-order valence-corrected chi connectivity index (χ4v) is 2.92. The van der Waals surface area contributed by atoms with E-state index in [0.29, 0.717) is 16.7 Å². The predicted octanol–water partition coefficient (Wildman–Crippen LogP) is 3.70. The van der Waals surface area contributed by atoms with Gasteiger partial charge in [-0.2, -0.15) is 12.6 Å². The molecular formula is C14H29NS. The second-order valence-electron chi connectivity index (χ2n) is 7.21. The van der Waals surface area contributed by atoms with Crippen LogP contribution in [0.1, 0.15) is 47.5 Å². The Kier molecular flexibility index (Phi) is 4.76. The van der Waals surface area contributed by atoms with Gasteiger partial charge in [-0.15, -0.1) is 0 Å². The zero-order valence-electron chi connectivity index (χ0n) is 11.7. The molecule has 1 unspecified atom stereocenters. The highest BCUT2D eigenvalue weighted by atomic mass is 32.1. The van der Waals surface area contributed by atoms with E-state index in [4.69, 9.17) is 0 Å². The third-order valence-electron chi connectivity index (χ3n) is 4.13. The Balaban J connectivity index is 2.43. The van der Waals surface area contributed by atoms with Crippen LogP contribution >= 0.6 is 12.6 Å². The lowest BCUT2D eigenvalue weighted by molar-refractivity contribution is 0.0954. The summed E-state index contributed by atoms with van der Waals surface area (Å²) >= 11 is 4.52. The quantitative estimate of drug-likeness (QED) is 0.740. The molecule has 0 aliphatic carbocycles. The van der Waals surface area contributed by atoms with Crippen molar-refractivity contribution in [3.05, 3.63) is 0 Å². The molecule has 0 aromatic heterocycles. The lowest BCUT2D eigenvalue weighted by Crippen LogP contribution is -2.42. The van der Waals surface area contributed by atoms with Gasteiger partial charge >= 0.3 is 0 Å². The lowest BCUT2D eigenvalue weighted by atomic mass is 9.79. The summed E-state index contributed by atoms with van der Waals surface area (Å²) in [4.78, 5) is 2.64. The number of hydrogen-bond acceptors (Lipinski definition) is 2. The van der Waals surface area contributed by atoms with Crippen molar-refractivity contribution in [2.24, 2.45) is 16.7 Å². The van der Waals surface area contributed by atoms with Gasteiger partial charge in [0, 0.05) is 6.54 Å². The second kappa shape index (κ2) is 5.30. The Hall–Kier alpha value is 0.310. The molecule has 1 heterocycles. The third kappa shape index (κ3) is 4.29. The Labute approximate surface area is 107 Å². The minimum absolute atomic E-state index is 0.384. The smallest absolute Gasteiger partial charge is 0.00225 e. The zero-order chi connectivity index (χ0) is 12.4. The Morgan fingerprint density at radius 1 is 1.19 bits per heavy atom. The largest absolute Gasteiger partial charge is 0.303 e. The molecule has 1 saturated heterocycles. The van der Waals surface area contributed by atoms with Crippen LogP contribution in [-0.2, 0) is 0 Å². The van der Waals surface area contributed by atoms with Crippen LogP contribution < -0.4 is 0 Å². The van der Waals surface area contributed by atoms with Crippen molar-refractivity contribution < 1.29 is 0 Å². The summed E-state index contributed by atoms with van der Waals surface area (Å²) in [6, 6.07) is 0. The van der Waals surface area contributed by atoms with Crippen molar-refractivity contribution >= 4 is 12.6 Å². The highest BCUT2D eigenvalue weighted by Crippen LogP contribution is 2.32. The molecule has 1 nitrogen and oxygen atoms in total. The molecule has 1 aliphatic heterocycles. The fourth-order valence-electron chi connectivity index (χ4n) is 2.26. The summed E-state index contributed by atoms with van der Waals surface area (Å²) in [5.74, 6) is 1.71. The van der Waals surface area contributed by atoms with Crippen LogP contribution in [0.3, 0.4) is 0 Å². The van der Waals surface area contributed by atoms with E-state index in [0.717, 1.165) is 5.75 Å². The van der Waals surface area contributed by atoms with E-state index >= 15 is 0 Å². The maximum absolute atomic E-state index is 4.52. The molecule has 0 radical (unpaired) electrons. The van der Waals surface area contributed by atoms with Crippen molar-refractivity contribution in [2.45, 2.75) is 47.5 Å². The number of hydrogen-bond donors (Lipinski definition) is 1. The molecule has 0 aromatic carbocycles. The van der Waals surface area contributed by atoms with Crippen molar-refractivity contribution in [1.29, 1.82) is 0 Å². The van der Waals surface area contributed by atoms with Crippen LogP contribution in [0.2, 0.25) is 0 Å². The highest BCUT2D eigenvalue weighted by Gasteiger charge is 2.29. The summed E-state index contributed by atoms with van der Waals surface area (Å²) in [6.07, 6.45) is 2.69.